The minimum absolute atomic E-state index is 0.0141. The number of likely N-dealkylation sites (tertiary alicyclic amines) is 1. The monoisotopic (exact) mass is 399 g/mol. The average molecular weight is 399 g/mol. The van der Waals surface area contributed by atoms with Gasteiger partial charge in [0.2, 0.25) is 11.8 Å². The van der Waals surface area contributed by atoms with Crippen LogP contribution in [0, 0.1) is 6.92 Å². The molecule has 1 fully saturated rings. The van der Waals surface area contributed by atoms with Crippen molar-refractivity contribution in [3.8, 4) is 11.6 Å². The van der Waals surface area contributed by atoms with Gasteiger partial charge in [-0.2, -0.15) is 0 Å². The Kier molecular flexibility index (Phi) is 7.48. The number of hydrogen-bond donors (Lipinski definition) is 1. The summed E-state index contributed by atoms with van der Waals surface area (Å²) in [5, 5.41) is 2.96. The second kappa shape index (κ2) is 10.3. The first-order valence-electron chi connectivity index (χ1n) is 9.98. The zero-order valence-electron chi connectivity index (χ0n) is 17.3. The molecule has 2 aromatic rings. The van der Waals surface area contributed by atoms with Crippen molar-refractivity contribution in [1.82, 2.24) is 25.2 Å². The van der Waals surface area contributed by atoms with Gasteiger partial charge in [-0.25, -0.2) is 4.98 Å². The molecule has 1 amide bonds. The fourth-order valence-corrected chi connectivity index (χ4v) is 3.56. The van der Waals surface area contributed by atoms with Gasteiger partial charge in [0.1, 0.15) is 5.69 Å². The van der Waals surface area contributed by atoms with Gasteiger partial charge in [0.25, 0.3) is 0 Å². The number of amides is 1. The highest BCUT2D eigenvalue weighted by molar-refractivity contribution is 5.78. The van der Waals surface area contributed by atoms with E-state index in [-0.39, 0.29) is 17.9 Å². The first-order valence-corrected chi connectivity index (χ1v) is 9.98. The number of carbonyl (C=O) groups excluding carboxylic acids is 1. The largest absolute Gasteiger partial charge is 0.435 e. The van der Waals surface area contributed by atoms with Gasteiger partial charge >= 0.3 is 0 Å². The van der Waals surface area contributed by atoms with Gasteiger partial charge in [0, 0.05) is 37.7 Å². The van der Waals surface area contributed by atoms with Crippen molar-refractivity contribution in [3.63, 3.8) is 0 Å². The van der Waals surface area contributed by atoms with E-state index in [9.17, 15) is 4.79 Å². The minimum Gasteiger partial charge on any atom is -0.435 e. The lowest BCUT2D eigenvalue weighted by molar-refractivity contribution is -0.123. The highest BCUT2D eigenvalue weighted by Crippen LogP contribution is 2.33. The molecule has 0 radical (unpaired) electrons. The van der Waals surface area contributed by atoms with Crippen LogP contribution in [0.15, 0.2) is 30.7 Å². The molecule has 8 nitrogen and oxygen atoms in total. The maximum absolute atomic E-state index is 12.2. The van der Waals surface area contributed by atoms with Crippen LogP contribution in [-0.2, 0) is 9.53 Å². The van der Waals surface area contributed by atoms with Crippen molar-refractivity contribution in [1.29, 1.82) is 0 Å². The molecular formula is C21H29N5O3. The summed E-state index contributed by atoms with van der Waals surface area (Å²) in [6, 6.07) is 3.74. The van der Waals surface area contributed by atoms with Gasteiger partial charge < -0.3 is 14.8 Å². The second-order valence-corrected chi connectivity index (χ2v) is 7.41. The van der Waals surface area contributed by atoms with Crippen LogP contribution in [-0.4, -0.2) is 65.2 Å². The highest BCUT2D eigenvalue weighted by atomic mass is 16.5. The van der Waals surface area contributed by atoms with Crippen LogP contribution in [0.3, 0.4) is 0 Å². The molecule has 1 aliphatic heterocycles. The molecule has 1 unspecified atom stereocenters. The molecule has 0 aromatic carbocycles. The van der Waals surface area contributed by atoms with Crippen LogP contribution >= 0.6 is 0 Å². The van der Waals surface area contributed by atoms with Crippen LogP contribution in [0.4, 0.5) is 0 Å². The van der Waals surface area contributed by atoms with Crippen LogP contribution in [0.2, 0.25) is 0 Å². The molecule has 1 N–H and O–H groups in total. The smallest absolute Gasteiger partial charge is 0.241 e. The maximum Gasteiger partial charge on any atom is 0.241 e. The third-order valence-corrected chi connectivity index (χ3v) is 5.02. The van der Waals surface area contributed by atoms with Crippen molar-refractivity contribution < 1.29 is 14.3 Å². The van der Waals surface area contributed by atoms with E-state index in [1.165, 1.54) is 0 Å². The normalized spacial score (nSPS) is 16.4. The van der Waals surface area contributed by atoms with Crippen LogP contribution in [0.1, 0.15) is 37.1 Å². The second-order valence-electron chi connectivity index (χ2n) is 7.41. The number of carbonyl (C=O) groups is 1. The number of aromatic nitrogens is 3. The van der Waals surface area contributed by atoms with Crippen LogP contribution < -0.4 is 10.1 Å². The Hall–Kier alpha value is -2.58. The summed E-state index contributed by atoms with van der Waals surface area (Å²) in [6.45, 7) is 6.42. The molecule has 0 saturated carbocycles. The van der Waals surface area contributed by atoms with Gasteiger partial charge in [-0.05, 0) is 51.9 Å². The molecule has 0 aliphatic carbocycles. The lowest BCUT2D eigenvalue weighted by atomic mass is 9.93. The van der Waals surface area contributed by atoms with E-state index in [0.717, 1.165) is 37.3 Å². The topological polar surface area (TPSA) is 89.5 Å². The quantitative estimate of drug-likeness (QED) is 0.728. The van der Waals surface area contributed by atoms with Crippen molar-refractivity contribution in [2.75, 3.05) is 33.4 Å². The number of ether oxygens (including phenoxy) is 2. The first-order chi connectivity index (χ1) is 14.1. The molecule has 1 saturated heterocycles. The molecule has 156 valence electrons. The highest BCUT2D eigenvalue weighted by Gasteiger charge is 2.26. The number of rotatable bonds is 8. The van der Waals surface area contributed by atoms with Crippen LogP contribution in [0.5, 0.6) is 11.6 Å². The van der Waals surface area contributed by atoms with E-state index in [2.05, 4.69) is 25.2 Å². The van der Waals surface area contributed by atoms with Gasteiger partial charge in [0.15, 0.2) is 5.75 Å². The number of hydrogen-bond acceptors (Lipinski definition) is 7. The predicted molar refractivity (Wildman–Crippen MR) is 109 cm³/mol. The third-order valence-electron chi connectivity index (χ3n) is 5.02. The van der Waals surface area contributed by atoms with Gasteiger partial charge in [-0.1, -0.05) is 0 Å². The predicted octanol–water partition coefficient (Wildman–Crippen LogP) is 2.30. The van der Waals surface area contributed by atoms with E-state index < -0.39 is 0 Å². The first kappa shape index (κ1) is 21.1. The van der Waals surface area contributed by atoms with E-state index in [0.29, 0.717) is 24.8 Å². The summed E-state index contributed by atoms with van der Waals surface area (Å²) < 4.78 is 11.1. The summed E-state index contributed by atoms with van der Waals surface area (Å²) in [5.41, 5.74) is 1.68. The number of aryl methyl sites for hydroxylation is 1. The minimum atomic E-state index is 0.0141. The molecule has 3 heterocycles. The Morgan fingerprint density at radius 3 is 2.72 bits per heavy atom. The van der Waals surface area contributed by atoms with Gasteiger partial charge in [-0.15, -0.1) is 0 Å². The number of piperidine rings is 1. The summed E-state index contributed by atoms with van der Waals surface area (Å²) in [5.74, 6) is 1.51. The lowest BCUT2D eigenvalue weighted by Gasteiger charge is -2.31. The lowest BCUT2D eigenvalue weighted by Crippen LogP contribution is -2.44. The zero-order chi connectivity index (χ0) is 20.6. The summed E-state index contributed by atoms with van der Waals surface area (Å²) in [7, 11) is 1.63. The molecule has 0 bridgehead atoms. The van der Waals surface area contributed by atoms with Gasteiger partial charge in [0.05, 0.1) is 18.8 Å². The fraction of sp³-hybridized carbons (Fsp3) is 0.524. The fourth-order valence-electron chi connectivity index (χ4n) is 3.56. The van der Waals surface area contributed by atoms with Crippen molar-refractivity contribution in [2.24, 2.45) is 0 Å². The summed E-state index contributed by atoms with van der Waals surface area (Å²) in [6.07, 6.45) is 6.89. The number of nitrogens with one attached hydrogen (secondary N) is 1. The molecule has 3 rings (SSSR count). The van der Waals surface area contributed by atoms with E-state index in [1.807, 2.05) is 26.0 Å². The van der Waals surface area contributed by atoms with E-state index in [1.54, 1.807) is 25.7 Å². The van der Waals surface area contributed by atoms with Crippen molar-refractivity contribution >= 4 is 5.91 Å². The third kappa shape index (κ3) is 5.95. The van der Waals surface area contributed by atoms with Crippen molar-refractivity contribution in [2.45, 2.75) is 38.6 Å². The molecule has 2 aromatic heterocycles. The number of pyridine rings is 1. The Labute approximate surface area is 171 Å². The summed E-state index contributed by atoms with van der Waals surface area (Å²) in [4.78, 5) is 27.6. The molecule has 8 heteroatoms. The van der Waals surface area contributed by atoms with Crippen molar-refractivity contribution in [3.05, 3.63) is 42.1 Å². The Balaban J connectivity index is 1.57. The number of nitrogens with zero attached hydrogens (tertiary/aromatic N) is 4. The Morgan fingerprint density at radius 1 is 1.24 bits per heavy atom. The Morgan fingerprint density at radius 2 is 2.00 bits per heavy atom. The van der Waals surface area contributed by atoms with E-state index >= 15 is 0 Å². The SMILES string of the molecule is COCC(C)NC(=O)CN1CCC(c2nccnc2Oc2cccnc2C)CC1. The average Bonchev–Trinajstić information content (AvgIpc) is 2.71. The Bertz CT molecular complexity index is 808. The summed E-state index contributed by atoms with van der Waals surface area (Å²) >= 11 is 0. The van der Waals surface area contributed by atoms with E-state index in [4.69, 9.17) is 9.47 Å². The molecule has 1 aliphatic rings. The molecule has 29 heavy (non-hydrogen) atoms. The maximum atomic E-state index is 12.2. The number of methoxy groups -OCH3 is 1. The standard InChI is InChI=1S/C21H29N5O3/c1-15(14-28-3)25-19(27)13-26-11-6-17(7-12-26)20-21(24-10-9-23-20)29-18-5-4-8-22-16(18)2/h4-5,8-10,15,17H,6-7,11-14H2,1-3H3,(H,25,27). The molecule has 1 atom stereocenters. The van der Waals surface area contributed by atoms with Crippen LogP contribution in [0.25, 0.3) is 0 Å². The van der Waals surface area contributed by atoms with Gasteiger partial charge in [-0.3, -0.25) is 19.7 Å². The molecule has 0 spiro atoms. The zero-order valence-corrected chi connectivity index (χ0v) is 17.3. The molecular weight excluding hydrogens is 370 g/mol.